The van der Waals surface area contributed by atoms with Gasteiger partial charge < -0.3 is 10.1 Å². The van der Waals surface area contributed by atoms with Gasteiger partial charge in [-0.2, -0.15) is 0 Å². The summed E-state index contributed by atoms with van der Waals surface area (Å²) >= 11 is 5.87. The van der Waals surface area contributed by atoms with Gasteiger partial charge in [-0.25, -0.2) is 4.98 Å². The number of hydrogen-bond acceptors (Lipinski definition) is 3. The van der Waals surface area contributed by atoms with Crippen molar-refractivity contribution < 1.29 is 9.53 Å². The van der Waals surface area contributed by atoms with Gasteiger partial charge in [-0.1, -0.05) is 54.1 Å². The zero-order valence-corrected chi connectivity index (χ0v) is 14.2. The monoisotopic (exact) mass is 352 g/mol. The van der Waals surface area contributed by atoms with E-state index in [0.29, 0.717) is 29.6 Å². The van der Waals surface area contributed by atoms with Crippen LogP contribution in [0, 0.1) is 0 Å². The molecular formula is C20H17ClN2O2. The summed E-state index contributed by atoms with van der Waals surface area (Å²) in [7, 11) is 0. The second-order valence-electron chi connectivity index (χ2n) is 5.50. The van der Waals surface area contributed by atoms with Crippen molar-refractivity contribution in [3.05, 3.63) is 89.1 Å². The molecule has 0 bridgehead atoms. The van der Waals surface area contributed by atoms with E-state index in [1.54, 1.807) is 18.3 Å². The van der Waals surface area contributed by atoms with Gasteiger partial charge in [0.25, 0.3) is 0 Å². The normalized spacial score (nSPS) is 10.3. The number of carbonyl (C=O) groups excluding carboxylic acids is 1. The van der Waals surface area contributed by atoms with Gasteiger partial charge >= 0.3 is 0 Å². The summed E-state index contributed by atoms with van der Waals surface area (Å²) in [5.74, 6) is 0.989. The van der Waals surface area contributed by atoms with Crippen LogP contribution in [0.1, 0.15) is 11.1 Å². The number of rotatable bonds is 6. The first kappa shape index (κ1) is 17.0. The lowest BCUT2D eigenvalue weighted by atomic mass is 10.1. The first-order valence-electron chi connectivity index (χ1n) is 7.86. The van der Waals surface area contributed by atoms with E-state index in [1.807, 2.05) is 54.6 Å². The van der Waals surface area contributed by atoms with Gasteiger partial charge in [-0.05, 0) is 29.3 Å². The molecule has 1 amide bonds. The number of benzene rings is 2. The fourth-order valence-corrected chi connectivity index (χ4v) is 2.41. The van der Waals surface area contributed by atoms with E-state index in [1.165, 1.54) is 0 Å². The Labute approximate surface area is 151 Å². The van der Waals surface area contributed by atoms with E-state index in [-0.39, 0.29) is 5.91 Å². The molecule has 1 N–H and O–H groups in total. The van der Waals surface area contributed by atoms with Crippen molar-refractivity contribution in [1.29, 1.82) is 0 Å². The van der Waals surface area contributed by atoms with Crippen LogP contribution in [-0.4, -0.2) is 10.9 Å². The van der Waals surface area contributed by atoms with E-state index < -0.39 is 0 Å². The maximum atomic E-state index is 12.1. The highest BCUT2D eigenvalue weighted by molar-refractivity contribution is 6.30. The predicted octanol–water partition coefficient (Wildman–Crippen LogP) is 4.50. The second kappa shape index (κ2) is 8.31. The highest BCUT2D eigenvalue weighted by atomic mass is 35.5. The molecule has 0 aliphatic rings. The van der Waals surface area contributed by atoms with Crippen molar-refractivity contribution in [2.24, 2.45) is 0 Å². The summed E-state index contributed by atoms with van der Waals surface area (Å²) in [6, 6.07) is 20.5. The van der Waals surface area contributed by atoms with Crippen LogP contribution in [0.2, 0.25) is 5.02 Å². The average Bonchev–Trinajstić information content (AvgIpc) is 2.62. The number of halogens is 1. The Kier molecular flexibility index (Phi) is 5.65. The number of anilines is 1. The van der Waals surface area contributed by atoms with Crippen LogP contribution in [0.4, 0.5) is 5.82 Å². The van der Waals surface area contributed by atoms with Gasteiger partial charge in [0, 0.05) is 17.3 Å². The Hall–Kier alpha value is -2.85. The number of hydrogen-bond donors (Lipinski definition) is 1. The minimum absolute atomic E-state index is 0.117. The highest BCUT2D eigenvalue weighted by Gasteiger charge is 2.06. The van der Waals surface area contributed by atoms with Crippen molar-refractivity contribution in [1.82, 2.24) is 4.98 Å². The first-order valence-corrected chi connectivity index (χ1v) is 8.24. The number of amides is 1. The quantitative estimate of drug-likeness (QED) is 0.710. The van der Waals surface area contributed by atoms with Crippen LogP contribution < -0.4 is 10.1 Å². The fraction of sp³-hybridized carbons (Fsp3) is 0.100. The first-order chi connectivity index (χ1) is 12.2. The molecule has 0 saturated heterocycles. The van der Waals surface area contributed by atoms with Gasteiger partial charge in [0.05, 0.1) is 6.42 Å². The molecule has 1 heterocycles. The smallest absolute Gasteiger partial charge is 0.229 e. The average molecular weight is 353 g/mol. The third-order valence-electron chi connectivity index (χ3n) is 3.53. The summed E-state index contributed by atoms with van der Waals surface area (Å²) in [5, 5.41) is 3.48. The Morgan fingerprint density at radius 3 is 2.52 bits per heavy atom. The zero-order chi connectivity index (χ0) is 17.5. The number of nitrogens with zero attached hydrogens (tertiary/aromatic N) is 1. The highest BCUT2D eigenvalue weighted by Crippen LogP contribution is 2.17. The Morgan fingerprint density at radius 1 is 1.00 bits per heavy atom. The van der Waals surface area contributed by atoms with E-state index in [4.69, 9.17) is 16.3 Å². The molecule has 4 nitrogen and oxygen atoms in total. The van der Waals surface area contributed by atoms with Gasteiger partial charge in [0.1, 0.15) is 18.2 Å². The molecule has 0 saturated carbocycles. The molecule has 1 aromatic heterocycles. The SMILES string of the molecule is O=C(Cc1ccccc1)Nc1cc(OCc2ccc(Cl)cc2)ccn1. The molecule has 0 unspecified atom stereocenters. The summed E-state index contributed by atoms with van der Waals surface area (Å²) in [6.45, 7) is 0.415. The summed E-state index contributed by atoms with van der Waals surface area (Å²) in [4.78, 5) is 16.3. The number of ether oxygens (including phenoxy) is 1. The summed E-state index contributed by atoms with van der Waals surface area (Å²) < 4.78 is 5.74. The number of nitrogens with one attached hydrogen (secondary N) is 1. The fourth-order valence-electron chi connectivity index (χ4n) is 2.28. The number of pyridine rings is 1. The standard InChI is InChI=1S/C20H17ClN2O2/c21-17-8-6-16(7-9-17)14-25-18-10-11-22-19(13-18)23-20(24)12-15-4-2-1-3-5-15/h1-11,13H,12,14H2,(H,22,23,24). The van der Waals surface area contributed by atoms with Crippen LogP contribution in [0.25, 0.3) is 0 Å². The van der Waals surface area contributed by atoms with E-state index in [2.05, 4.69) is 10.3 Å². The lowest BCUT2D eigenvalue weighted by Gasteiger charge is -2.09. The van der Waals surface area contributed by atoms with E-state index in [0.717, 1.165) is 11.1 Å². The molecule has 3 rings (SSSR count). The molecule has 2 aromatic carbocycles. The molecule has 0 aliphatic carbocycles. The van der Waals surface area contributed by atoms with Crippen molar-refractivity contribution in [2.45, 2.75) is 13.0 Å². The lowest BCUT2D eigenvalue weighted by molar-refractivity contribution is -0.115. The minimum Gasteiger partial charge on any atom is -0.489 e. The number of carbonyl (C=O) groups is 1. The maximum Gasteiger partial charge on any atom is 0.229 e. The summed E-state index contributed by atoms with van der Waals surface area (Å²) in [6.07, 6.45) is 1.91. The summed E-state index contributed by atoms with van der Waals surface area (Å²) in [5.41, 5.74) is 1.96. The van der Waals surface area contributed by atoms with Crippen LogP contribution in [0.15, 0.2) is 72.9 Å². The van der Waals surface area contributed by atoms with Crippen LogP contribution >= 0.6 is 11.6 Å². The van der Waals surface area contributed by atoms with E-state index >= 15 is 0 Å². The Bertz CT molecular complexity index is 836. The molecule has 5 heteroatoms. The molecule has 0 aliphatic heterocycles. The molecule has 3 aromatic rings. The van der Waals surface area contributed by atoms with Gasteiger partial charge in [0.15, 0.2) is 0 Å². The predicted molar refractivity (Wildman–Crippen MR) is 98.8 cm³/mol. The topological polar surface area (TPSA) is 51.2 Å². The molecule has 0 radical (unpaired) electrons. The van der Waals surface area contributed by atoms with Gasteiger partial charge in [-0.3, -0.25) is 4.79 Å². The zero-order valence-electron chi connectivity index (χ0n) is 13.5. The van der Waals surface area contributed by atoms with Crippen molar-refractivity contribution in [3.8, 4) is 5.75 Å². The van der Waals surface area contributed by atoms with Crippen LogP contribution in [-0.2, 0) is 17.8 Å². The number of aromatic nitrogens is 1. The van der Waals surface area contributed by atoms with Crippen LogP contribution in [0.3, 0.4) is 0 Å². The second-order valence-corrected chi connectivity index (χ2v) is 5.94. The third kappa shape index (κ3) is 5.33. The minimum atomic E-state index is -0.117. The Balaban J connectivity index is 1.57. The molecule has 126 valence electrons. The van der Waals surface area contributed by atoms with E-state index in [9.17, 15) is 4.79 Å². The molecule has 0 atom stereocenters. The molecular weight excluding hydrogens is 336 g/mol. The third-order valence-corrected chi connectivity index (χ3v) is 3.78. The maximum absolute atomic E-state index is 12.1. The molecule has 25 heavy (non-hydrogen) atoms. The van der Waals surface area contributed by atoms with Crippen LogP contribution in [0.5, 0.6) is 5.75 Å². The van der Waals surface area contributed by atoms with Gasteiger partial charge in [0.2, 0.25) is 5.91 Å². The Morgan fingerprint density at radius 2 is 1.76 bits per heavy atom. The largest absolute Gasteiger partial charge is 0.489 e. The lowest BCUT2D eigenvalue weighted by Crippen LogP contribution is -2.15. The van der Waals surface area contributed by atoms with Crippen molar-refractivity contribution in [2.75, 3.05) is 5.32 Å². The van der Waals surface area contributed by atoms with Crippen molar-refractivity contribution in [3.63, 3.8) is 0 Å². The van der Waals surface area contributed by atoms with Gasteiger partial charge in [-0.15, -0.1) is 0 Å². The molecule has 0 fully saturated rings. The molecule has 0 spiro atoms. The van der Waals surface area contributed by atoms with Crippen molar-refractivity contribution >= 4 is 23.3 Å².